The van der Waals surface area contributed by atoms with E-state index in [0.29, 0.717) is 17.2 Å². The molecule has 8 heteroatoms. The molecule has 0 spiro atoms. The number of hydrogen-bond donors (Lipinski definition) is 1. The van der Waals surface area contributed by atoms with E-state index >= 15 is 0 Å². The maximum absolute atomic E-state index is 12.5. The number of aromatic nitrogens is 3. The highest BCUT2D eigenvalue weighted by Crippen LogP contribution is 2.17. The first-order chi connectivity index (χ1) is 14.6. The summed E-state index contributed by atoms with van der Waals surface area (Å²) in [6.07, 6.45) is 5.12. The fourth-order valence-electron chi connectivity index (χ4n) is 3.34. The second-order valence-corrected chi connectivity index (χ2v) is 7.33. The van der Waals surface area contributed by atoms with Crippen LogP contribution >= 0.6 is 0 Å². The van der Waals surface area contributed by atoms with Crippen LogP contribution in [0.1, 0.15) is 10.4 Å². The molecular formula is C22H25N7O. The lowest BCUT2D eigenvalue weighted by Gasteiger charge is -2.35. The van der Waals surface area contributed by atoms with Gasteiger partial charge in [0.1, 0.15) is 5.82 Å². The summed E-state index contributed by atoms with van der Waals surface area (Å²) in [4.78, 5) is 32.1. The number of nitrogens with one attached hydrogen (secondary N) is 1. The Hall–Kier alpha value is -3.68. The number of pyridine rings is 1. The number of carbonyl (C=O) groups is 1. The van der Waals surface area contributed by atoms with E-state index in [1.54, 1.807) is 24.5 Å². The Morgan fingerprint density at radius 3 is 2.17 bits per heavy atom. The van der Waals surface area contributed by atoms with Gasteiger partial charge in [0.2, 0.25) is 5.95 Å². The molecule has 3 aromatic rings. The minimum absolute atomic E-state index is 0.180. The molecule has 1 N–H and O–H groups in total. The lowest BCUT2D eigenvalue weighted by molar-refractivity contribution is 0.102. The lowest BCUT2D eigenvalue weighted by atomic mass is 10.2. The molecule has 30 heavy (non-hydrogen) atoms. The van der Waals surface area contributed by atoms with Gasteiger partial charge >= 0.3 is 0 Å². The van der Waals surface area contributed by atoms with Crippen molar-refractivity contribution in [2.75, 3.05) is 60.3 Å². The molecule has 0 saturated carbocycles. The second-order valence-electron chi connectivity index (χ2n) is 7.33. The largest absolute Gasteiger partial charge is 0.378 e. The minimum atomic E-state index is -0.180. The predicted octanol–water partition coefficient (Wildman–Crippen LogP) is 2.52. The van der Waals surface area contributed by atoms with Crippen LogP contribution in [0, 0.1) is 0 Å². The highest BCUT2D eigenvalue weighted by molar-refractivity contribution is 6.04. The van der Waals surface area contributed by atoms with Crippen molar-refractivity contribution in [2.24, 2.45) is 0 Å². The fourth-order valence-corrected chi connectivity index (χ4v) is 3.34. The van der Waals surface area contributed by atoms with Gasteiger partial charge in [-0.1, -0.05) is 6.07 Å². The molecule has 8 nitrogen and oxygen atoms in total. The Kier molecular flexibility index (Phi) is 5.74. The molecule has 0 aliphatic carbocycles. The fraction of sp³-hybridized carbons (Fsp3) is 0.273. The SMILES string of the molecule is CN(C)c1ccc(C(=O)Nc2cnc(N3CCN(c4ccccn4)CC3)nc2)cc1. The monoisotopic (exact) mass is 403 g/mol. The summed E-state index contributed by atoms with van der Waals surface area (Å²) in [7, 11) is 3.93. The standard InChI is InChI=1S/C22H25N7O/c1-27(2)19-8-6-17(7-9-19)21(30)26-18-15-24-22(25-16-18)29-13-11-28(12-14-29)20-5-3-4-10-23-20/h3-10,15-16H,11-14H2,1-2H3,(H,26,30). The molecule has 1 saturated heterocycles. The van der Waals surface area contributed by atoms with Crippen molar-refractivity contribution in [3.05, 3.63) is 66.6 Å². The molecule has 1 fully saturated rings. The summed E-state index contributed by atoms with van der Waals surface area (Å²) < 4.78 is 0. The minimum Gasteiger partial charge on any atom is -0.378 e. The highest BCUT2D eigenvalue weighted by Gasteiger charge is 2.19. The summed E-state index contributed by atoms with van der Waals surface area (Å²) in [6.45, 7) is 3.37. The van der Waals surface area contributed by atoms with Gasteiger partial charge in [-0.05, 0) is 36.4 Å². The smallest absolute Gasteiger partial charge is 0.255 e. The average Bonchev–Trinajstić information content (AvgIpc) is 2.80. The van der Waals surface area contributed by atoms with Crippen LogP contribution < -0.4 is 20.0 Å². The maximum atomic E-state index is 12.5. The van der Waals surface area contributed by atoms with Gasteiger partial charge in [-0.25, -0.2) is 15.0 Å². The molecular weight excluding hydrogens is 378 g/mol. The summed E-state index contributed by atoms with van der Waals surface area (Å²) in [6, 6.07) is 13.4. The van der Waals surface area contributed by atoms with Crippen LogP contribution in [0.4, 0.5) is 23.1 Å². The number of hydrogen-bond acceptors (Lipinski definition) is 7. The van der Waals surface area contributed by atoms with Gasteiger partial charge in [0.25, 0.3) is 5.91 Å². The highest BCUT2D eigenvalue weighted by atomic mass is 16.1. The Morgan fingerprint density at radius 2 is 1.57 bits per heavy atom. The molecule has 1 aromatic carbocycles. The zero-order valence-electron chi connectivity index (χ0n) is 17.2. The van der Waals surface area contributed by atoms with E-state index in [9.17, 15) is 4.79 Å². The van der Waals surface area contributed by atoms with E-state index in [1.165, 1.54) is 0 Å². The predicted molar refractivity (Wildman–Crippen MR) is 119 cm³/mol. The Labute approximate surface area is 176 Å². The van der Waals surface area contributed by atoms with Crippen molar-refractivity contribution >= 4 is 29.0 Å². The van der Waals surface area contributed by atoms with Crippen molar-refractivity contribution in [3.8, 4) is 0 Å². The van der Waals surface area contributed by atoms with E-state index < -0.39 is 0 Å². The Balaban J connectivity index is 1.33. The molecule has 4 rings (SSSR count). The molecule has 0 atom stereocenters. The van der Waals surface area contributed by atoms with E-state index in [-0.39, 0.29) is 5.91 Å². The van der Waals surface area contributed by atoms with Crippen LogP contribution in [0.15, 0.2) is 61.1 Å². The normalized spacial score (nSPS) is 13.8. The van der Waals surface area contributed by atoms with Gasteiger partial charge in [-0.2, -0.15) is 0 Å². The Bertz CT molecular complexity index is 967. The number of anilines is 4. The summed E-state index contributed by atoms with van der Waals surface area (Å²) >= 11 is 0. The van der Waals surface area contributed by atoms with Crippen molar-refractivity contribution < 1.29 is 4.79 Å². The van der Waals surface area contributed by atoms with E-state index in [1.807, 2.05) is 55.5 Å². The van der Waals surface area contributed by atoms with Crippen LogP contribution in [0.5, 0.6) is 0 Å². The number of rotatable bonds is 5. The van der Waals surface area contributed by atoms with Gasteiger partial charge < -0.3 is 20.0 Å². The van der Waals surface area contributed by atoms with Gasteiger partial charge in [0.05, 0.1) is 18.1 Å². The quantitative estimate of drug-likeness (QED) is 0.701. The van der Waals surface area contributed by atoms with Crippen LogP contribution in [-0.2, 0) is 0 Å². The molecule has 0 radical (unpaired) electrons. The van der Waals surface area contributed by atoms with Crippen molar-refractivity contribution in [2.45, 2.75) is 0 Å². The first-order valence-electron chi connectivity index (χ1n) is 9.92. The van der Waals surface area contributed by atoms with Crippen LogP contribution in [-0.4, -0.2) is 61.1 Å². The number of amides is 1. The summed E-state index contributed by atoms with van der Waals surface area (Å²) in [5.41, 5.74) is 2.21. The molecule has 154 valence electrons. The van der Waals surface area contributed by atoms with Crippen LogP contribution in [0.3, 0.4) is 0 Å². The van der Waals surface area contributed by atoms with E-state index in [4.69, 9.17) is 0 Å². The van der Waals surface area contributed by atoms with Crippen LogP contribution in [0.2, 0.25) is 0 Å². The second kappa shape index (κ2) is 8.77. The summed E-state index contributed by atoms with van der Waals surface area (Å²) in [5, 5.41) is 2.85. The lowest BCUT2D eigenvalue weighted by Crippen LogP contribution is -2.47. The molecule has 3 heterocycles. The van der Waals surface area contributed by atoms with Crippen molar-refractivity contribution in [1.82, 2.24) is 15.0 Å². The van der Waals surface area contributed by atoms with E-state index in [0.717, 1.165) is 37.7 Å². The first kappa shape index (κ1) is 19.6. The summed E-state index contributed by atoms with van der Waals surface area (Å²) in [5.74, 6) is 1.49. The molecule has 0 unspecified atom stereocenters. The zero-order chi connectivity index (χ0) is 20.9. The molecule has 1 aliphatic heterocycles. The number of nitrogens with zero attached hydrogens (tertiary/aromatic N) is 6. The third-order valence-electron chi connectivity index (χ3n) is 5.08. The molecule has 1 aliphatic rings. The number of piperazine rings is 1. The molecule has 0 bridgehead atoms. The molecule has 1 amide bonds. The molecule has 2 aromatic heterocycles. The van der Waals surface area contributed by atoms with Crippen LogP contribution in [0.25, 0.3) is 0 Å². The Morgan fingerprint density at radius 1 is 0.900 bits per heavy atom. The third-order valence-corrected chi connectivity index (χ3v) is 5.08. The van der Waals surface area contributed by atoms with Gasteiger partial charge in [0, 0.05) is 57.7 Å². The van der Waals surface area contributed by atoms with Gasteiger partial charge in [0.15, 0.2) is 0 Å². The maximum Gasteiger partial charge on any atom is 0.255 e. The van der Waals surface area contributed by atoms with Gasteiger partial charge in [-0.15, -0.1) is 0 Å². The topological polar surface area (TPSA) is 77.5 Å². The first-order valence-corrected chi connectivity index (χ1v) is 9.92. The van der Waals surface area contributed by atoms with Gasteiger partial charge in [-0.3, -0.25) is 4.79 Å². The van der Waals surface area contributed by atoms with Crippen molar-refractivity contribution in [1.29, 1.82) is 0 Å². The average molecular weight is 403 g/mol. The number of carbonyl (C=O) groups excluding carboxylic acids is 1. The van der Waals surface area contributed by atoms with Crippen molar-refractivity contribution in [3.63, 3.8) is 0 Å². The number of benzene rings is 1. The van der Waals surface area contributed by atoms with E-state index in [2.05, 4.69) is 30.1 Å². The zero-order valence-corrected chi connectivity index (χ0v) is 17.2. The third kappa shape index (κ3) is 4.48.